The van der Waals surface area contributed by atoms with E-state index in [9.17, 15) is 19.7 Å². The molecular weight excluding hydrogens is 388 g/mol. The Morgan fingerprint density at radius 1 is 1.03 bits per heavy atom. The fraction of sp³-hybridized carbons (Fsp3) is 0.636. The molecule has 1 rings (SSSR count). The predicted octanol–water partition coefficient (Wildman–Crippen LogP) is 4.89. The minimum atomic E-state index is -0.621. The van der Waals surface area contributed by atoms with Crippen molar-refractivity contribution in [2.45, 2.75) is 65.7 Å². The Bertz CT molecular complexity index is 692. The third-order valence-corrected chi connectivity index (χ3v) is 4.59. The average Bonchev–Trinajstić information content (AvgIpc) is 2.73. The molecule has 0 heterocycles. The van der Waals surface area contributed by atoms with E-state index in [-0.39, 0.29) is 36.1 Å². The number of nitro groups is 1. The number of ether oxygens (including phenoxy) is 2. The zero-order valence-electron chi connectivity index (χ0n) is 18.4. The molecule has 0 saturated carbocycles. The van der Waals surface area contributed by atoms with E-state index in [1.165, 1.54) is 42.4 Å². The molecule has 0 aromatic heterocycles. The molecule has 0 radical (unpaired) electrons. The number of nitrogens with zero attached hydrogens (tertiary/aromatic N) is 2. The van der Waals surface area contributed by atoms with Crippen LogP contribution >= 0.6 is 0 Å². The summed E-state index contributed by atoms with van der Waals surface area (Å²) >= 11 is 0. The normalized spacial score (nSPS) is 10.6. The van der Waals surface area contributed by atoms with Gasteiger partial charge < -0.3 is 14.4 Å². The number of hydrogen-bond donors (Lipinski definition) is 0. The maximum atomic E-state index is 12.8. The van der Waals surface area contributed by atoms with Crippen molar-refractivity contribution in [2.75, 3.05) is 31.3 Å². The van der Waals surface area contributed by atoms with Crippen LogP contribution in [0.25, 0.3) is 0 Å². The first-order valence-electron chi connectivity index (χ1n) is 10.8. The Labute approximate surface area is 178 Å². The molecular formula is C22H34N2O6. The Kier molecular flexibility index (Phi) is 12.3. The molecule has 0 aliphatic rings. The van der Waals surface area contributed by atoms with Crippen molar-refractivity contribution in [3.63, 3.8) is 0 Å². The Morgan fingerprint density at radius 3 is 2.37 bits per heavy atom. The maximum absolute atomic E-state index is 12.8. The van der Waals surface area contributed by atoms with Crippen LogP contribution in [0.4, 0.5) is 11.4 Å². The van der Waals surface area contributed by atoms with Crippen LogP contribution in [0, 0.1) is 10.1 Å². The zero-order chi connectivity index (χ0) is 22.4. The third kappa shape index (κ3) is 8.49. The van der Waals surface area contributed by atoms with Crippen LogP contribution in [-0.2, 0) is 14.3 Å². The topological polar surface area (TPSA) is 99.0 Å². The largest absolute Gasteiger partial charge is 0.462 e. The quantitative estimate of drug-likeness (QED) is 0.173. The van der Waals surface area contributed by atoms with Crippen LogP contribution < -0.4 is 4.90 Å². The van der Waals surface area contributed by atoms with Crippen LogP contribution in [0.2, 0.25) is 0 Å². The summed E-state index contributed by atoms with van der Waals surface area (Å²) in [7, 11) is 0. The summed E-state index contributed by atoms with van der Waals surface area (Å²) < 4.78 is 10.6. The van der Waals surface area contributed by atoms with Gasteiger partial charge in [-0.3, -0.25) is 14.9 Å². The highest BCUT2D eigenvalue weighted by Gasteiger charge is 2.25. The minimum absolute atomic E-state index is 0.125. The number of nitro benzene ring substituents is 1. The van der Waals surface area contributed by atoms with Gasteiger partial charge in [-0.2, -0.15) is 0 Å². The second-order valence-electron chi connectivity index (χ2n) is 7.04. The highest BCUT2D eigenvalue weighted by molar-refractivity contribution is 6.03. The molecule has 0 unspecified atom stereocenters. The number of benzene rings is 1. The van der Waals surface area contributed by atoms with E-state index in [1.807, 2.05) is 6.92 Å². The van der Waals surface area contributed by atoms with Gasteiger partial charge in [-0.1, -0.05) is 46.0 Å². The van der Waals surface area contributed by atoms with Crippen LogP contribution in [0.3, 0.4) is 0 Å². The van der Waals surface area contributed by atoms with Crippen LogP contribution in [0.5, 0.6) is 0 Å². The van der Waals surface area contributed by atoms with E-state index in [0.29, 0.717) is 19.6 Å². The van der Waals surface area contributed by atoms with Gasteiger partial charge in [0.15, 0.2) is 0 Å². The van der Waals surface area contributed by atoms with E-state index >= 15 is 0 Å². The summed E-state index contributed by atoms with van der Waals surface area (Å²) in [4.78, 5) is 37.2. The summed E-state index contributed by atoms with van der Waals surface area (Å²) in [6.45, 7) is 6.56. The summed E-state index contributed by atoms with van der Waals surface area (Å²) in [6, 6.07) is 3.81. The van der Waals surface area contributed by atoms with Gasteiger partial charge in [0.2, 0.25) is 0 Å². The lowest BCUT2D eigenvalue weighted by atomic mass is 10.1. The molecule has 0 N–H and O–H groups in total. The number of anilines is 1. The molecule has 1 aromatic carbocycles. The summed E-state index contributed by atoms with van der Waals surface area (Å²) in [5.41, 5.74) is 0.109. The first-order chi connectivity index (χ1) is 14.5. The van der Waals surface area contributed by atoms with Gasteiger partial charge in [0.25, 0.3) is 11.6 Å². The molecule has 1 amide bonds. The zero-order valence-corrected chi connectivity index (χ0v) is 18.4. The van der Waals surface area contributed by atoms with Crippen molar-refractivity contribution in [1.29, 1.82) is 0 Å². The lowest BCUT2D eigenvalue weighted by Gasteiger charge is -2.24. The smallest absolute Gasteiger partial charge is 0.340 e. The molecule has 0 bridgehead atoms. The molecule has 0 aliphatic carbocycles. The maximum Gasteiger partial charge on any atom is 0.340 e. The molecule has 8 nitrogen and oxygen atoms in total. The van der Waals surface area contributed by atoms with Crippen molar-refractivity contribution >= 4 is 23.3 Å². The first-order valence-corrected chi connectivity index (χ1v) is 10.8. The fourth-order valence-electron chi connectivity index (χ4n) is 3.06. The fourth-order valence-corrected chi connectivity index (χ4v) is 3.06. The second-order valence-corrected chi connectivity index (χ2v) is 7.04. The number of unbranched alkanes of at least 4 members (excludes halogenated alkanes) is 5. The van der Waals surface area contributed by atoms with Gasteiger partial charge in [0, 0.05) is 25.3 Å². The molecule has 0 aliphatic heterocycles. The lowest BCUT2D eigenvalue weighted by Crippen LogP contribution is -2.36. The number of non-ortho nitro benzene ring substituents is 1. The number of esters is 1. The summed E-state index contributed by atoms with van der Waals surface area (Å²) in [5.74, 6) is -0.960. The van der Waals surface area contributed by atoms with Gasteiger partial charge in [-0.05, 0) is 25.8 Å². The second kappa shape index (κ2) is 14.5. The minimum Gasteiger partial charge on any atom is -0.462 e. The Morgan fingerprint density at radius 2 is 1.73 bits per heavy atom. The molecule has 1 aromatic rings. The number of rotatable bonds is 15. The number of carbonyl (C=O) groups excluding carboxylic acids is 2. The van der Waals surface area contributed by atoms with Gasteiger partial charge in [0.05, 0.1) is 22.8 Å². The predicted molar refractivity (Wildman–Crippen MR) is 116 cm³/mol. The van der Waals surface area contributed by atoms with Crippen molar-refractivity contribution < 1.29 is 24.0 Å². The molecule has 0 atom stereocenters. The first kappa shape index (κ1) is 25.6. The van der Waals surface area contributed by atoms with Crippen molar-refractivity contribution in [3.8, 4) is 0 Å². The van der Waals surface area contributed by atoms with Gasteiger partial charge in [-0.15, -0.1) is 0 Å². The van der Waals surface area contributed by atoms with E-state index < -0.39 is 10.9 Å². The lowest BCUT2D eigenvalue weighted by molar-refractivity contribution is -0.384. The summed E-state index contributed by atoms with van der Waals surface area (Å²) in [5, 5.41) is 11.2. The monoisotopic (exact) mass is 422 g/mol. The van der Waals surface area contributed by atoms with Crippen LogP contribution in [-0.4, -0.2) is 43.2 Å². The molecule has 0 fully saturated rings. The summed E-state index contributed by atoms with van der Waals surface area (Å²) in [6.07, 6.45) is 7.36. The Hall–Kier alpha value is -2.48. The molecule has 168 valence electrons. The van der Waals surface area contributed by atoms with Gasteiger partial charge in [-0.25, -0.2) is 4.79 Å². The van der Waals surface area contributed by atoms with E-state index in [1.54, 1.807) is 6.92 Å². The van der Waals surface area contributed by atoms with Gasteiger partial charge >= 0.3 is 5.97 Å². The molecule has 0 saturated heterocycles. The van der Waals surface area contributed by atoms with E-state index in [0.717, 1.165) is 19.3 Å². The van der Waals surface area contributed by atoms with E-state index in [2.05, 4.69) is 6.92 Å². The number of carbonyl (C=O) groups is 2. The highest BCUT2D eigenvalue weighted by Crippen LogP contribution is 2.27. The number of hydrogen-bond acceptors (Lipinski definition) is 6. The molecule has 8 heteroatoms. The van der Waals surface area contributed by atoms with Gasteiger partial charge in [0.1, 0.15) is 6.61 Å². The van der Waals surface area contributed by atoms with Crippen LogP contribution in [0.15, 0.2) is 18.2 Å². The van der Waals surface area contributed by atoms with Crippen LogP contribution in [0.1, 0.15) is 76.1 Å². The standard InChI is InChI=1S/C22H34N2O6/c1-4-7-8-9-10-11-15-29-17-21(25)23(14-5-2)20-16-18(24(27)28)12-13-19(20)22(26)30-6-3/h12-13,16H,4-11,14-15,17H2,1-3H3. The van der Waals surface area contributed by atoms with Crippen molar-refractivity contribution in [2.24, 2.45) is 0 Å². The molecule has 30 heavy (non-hydrogen) atoms. The van der Waals surface area contributed by atoms with Crippen molar-refractivity contribution in [3.05, 3.63) is 33.9 Å². The number of amides is 1. The SMILES string of the molecule is CCCCCCCCOCC(=O)N(CCC)c1cc([N+](=O)[O-])ccc1C(=O)OCC. The molecule has 0 spiro atoms. The van der Waals surface area contributed by atoms with E-state index in [4.69, 9.17) is 9.47 Å². The third-order valence-electron chi connectivity index (χ3n) is 4.59. The highest BCUT2D eigenvalue weighted by atomic mass is 16.6. The Balaban J connectivity index is 2.86. The average molecular weight is 423 g/mol. The van der Waals surface area contributed by atoms with Crippen molar-refractivity contribution in [1.82, 2.24) is 0 Å².